The Morgan fingerprint density at radius 2 is 1.04 bits per heavy atom. The van der Waals surface area contributed by atoms with Crippen LogP contribution in [0.2, 0.25) is 0 Å². The second-order valence-electron chi connectivity index (χ2n) is 10.5. The van der Waals surface area contributed by atoms with E-state index >= 15 is 0 Å². The quantitative estimate of drug-likeness (QED) is 0.0446. The van der Waals surface area contributed by atoms with Gasteiger partial charge in [-0.1, -0.05) is 45.4 Å². The molecule has 0 unspecified atom stereocenters. The van der Waals surface area contributed by atoms with E-state index in [1.165, 1.54) is 44.2 Å². The molecule has 0 spiro atoms. The number of rotatable bonds is 35. The third kappa shape index (κ3) is 25.1. The fourth-order valence-corrected chi connectivity index (χ4v) is 4.13. The van der Waals surface area contributed by atoms with Gasteiger partial charge in [-0.05, 0) is 12.5 Å². The second-order valence-corrected chi connectivity index (χ2v) is 10.5. The Kier molecular flexibility index (Phi) is 28.0. The average molecular weight is 690 g/mol. The van der Waals surface area contributed by atoms with Gasteiger partial charge in [0.2, 0.25) is 0 Å². The molecule has 0 bridgehead atoms. The molecule has 0 saturated heterocycles. The van der Waals surface area contributed by atoms with Crippen molar-refractivity contribution < 1.29 is 52.5 Å². The van der Waals surface area contributed by atoms with Gasteiger partial charge in [0.1, 0.15) is 12.3 Å². The van der Waals surface area contributed by atoms with E-state index in [-0.39, 0.29) is 42.8 Å². The molecule has 1 rings (SSSR count). The Bertz CT molecular complexity index is 971. The SMILES string of the molecule is CCCCCCCCCC(=O)OCCOCCOCCOCCOCCOCCOCCOCCNc1ccc([N+](=O)[O-])cc1[N+](=O)[O-]. The highest BCUT2D eigenvalue weighted by Gasteiger charge is 2.19. The highest BCUT2D eigenvalue weighted by atomic mass is 16.6. The van der Waals surface area contributed by atoms with Crippen LogP contribution in [0.15, 0.2) is 18.2 Å². The molecule has 0 radical (unpaired) electrons. The highest BCUT2D eigenvalue weighted by molar-refractivity contribution is 5.69. The molecule has 1 aromatic carbocycles. The Labute approximate surface area is 283 Å². The molecule has 16 heteroatoms. The molecule has 0 aromatic heterocycles. The predicted octanol–water partition coefficient (Wildman–Crippen LogP) is 4.72. The van der Waals surface area contributed by atoms with E-state index in [2.05, 4.69) is 12.2 Å². The van der Waals surface area contributed by atoms with Gasteiger partial charge in [-0.3, -0.25) is 25.0 Å². The second kappa shape index (κ2) is 31.3. The van der Waals surface area contributed by atoms with Gasteiger partial charge >= 0.3 is 5.97 Å². The Hall–Kier alpha value is -2.99. The van der Waals surface area contributed by atoms with Crippen molar-refractivity contribution in [1.82, 2.24) is 0 Å². The lowest BCUT2D eigenvalue weighted by Gasteiger charge is -2.09. The molecule has 0 atom stereocenters. The Balaban J connectivity index is 1.76. The number of hydrogen-bond acceptors (Lipinski definition) is 14. The number of ether oxygens (including phenoxy) is 8. The summed E-state index contributed by atoms with van der Waals surface area (Å²) in [6.07, 6.45) is 8.69. The van der Waals surface area contributed by atoms with Crippen molar-refractivity contribution in [1.29, 1.82) is 0 Å². The summed E-state index contributed by atoms with van der Waals surface area (Å²) in [5.41, 5.74) is -0.528. The number of nitro benzene ring substituents is 2. The number of hydrogen-bond donors (Lipinski definition) is 1. The maximum Gasteiger partial charge on any atom is 0.305 e. The van der Waals surface area contributed by atoms with Crippen LogP contribution in [0, 0.1) is 20.2 Å². The highest BCUT2D eigenvalue weighted by Crippen LogP contribution is 2.28. The molecule has 0 aliphatic carbocycles. The van der Waals surface area contributed by atoms with E-state index in [0.29, 0.717) is 92.3 Å². The van der Waals surface area contributed by atoms with E-state index in [1.807, 2.05) is 0 Å². The maximum atomic E-state index is 11.7. The van der Waals surface area contributed by atoms with Crippen molar-refractivity contribution in [3.63, 3.8) is 0 Å². The molecule has 0 aliphatic heterocycles. The lowest BCUT2D eigenvalue weighted by atomic mass is 10.1. The smallest absolute Gasteiger partial charge is 0.305 e. The van der Waals surface area contributed by atoms with E-state index < -0.39 is 9.85 Å². The van der Waals surface area contributed by atoms with Crippen LogP contribution in [0.3, 0.4) is 0 Å². The number of esters is 1. The summed E-state index contributed by atoms with van der Waals surface area (Å²) >= 11 is 0. The van der Waals surface area contributed by atoms with Crippen LogP contribution in [0.25, 0.3) is 0 Å². The molecule has 276 valence electrons. The van der Waals surface area contributed by atoms with E-state index in [4.69, 9.17) is 37.9 Å². The molecular weight excluding hydrogens is 634 g/mol. The van der Waals surface area contributed by atoms with Crippen LogP contribution in [0.5, 0.6) is 0 Å². The monoisotopic (exact) mass is 689 g/mol. The summed E-state index contributed by atoms with van der Waals surface area (Å²) in [4.78, 5) is 32.3. The largest absolute Gasteiger partial charge is 0.463 e. The summed E-state index contributed by atoms with van der Waals surface area (Å²) < 4.78 is 43.2. The van der Waals surface area contributed by atoms with Gasteiger partial charge in [0, 0.05) is 19.0 Å². The first-order valence-corrected chi connectivity index (χ1v) is 16.8. The molecule has 1 aromatic rings. The van der Waals surface area contributed by atoms with Crippen LogP contribution < -0.4 is 5.32 Å². The van der Waals surface area contributed by atoms with Gasteiger partial charge < -0.3 is 43.2 Å². The Morgan fingerprint density at radius 1 is 0.604 bits per heavy atom. The number of nitrogens with one attached hydrogen (secondary N) is 1. The molecule has 0 fully saturated rings. The Morgan fingerprint density at radius 3 is 1.50 bits per heavy atom. The van der Waals surface area contributed by atoms with E-state index in [9.17, 15) is 25.0 Å². The molecule has 0 amide bonds. The van der Waals surface area contributed by atoms with Crippen molar-refractivity contribution >= 4 is 23.0 Å². The summed E-state index contributed by atoms with van der Waals surface area (Å²) in [5.74, 6) is -0.158. The standard InChI is InChI=1S/C32H55N3O13/c1-2-3-4-5-6-7-8-9-32(36)48-27-26-47-25-24-46-23-22-45-21-20-44-19-18-43-17-16-42-15-14-41-13-12-33-30-11-10-29(34(37)38)28-31(30)35(39)40/h10-11,28,33H,2-9,12-27H2,1H3. The number of unbranched alkanes of at least 4 members (excludes halogenated alkanes) is 6. The zero-order chi connectivity index (χ0) is 34.9. The third-order valence-electron chi connectivity index (χ3n) is 6.66. The molecule has 0 saturated carbocycles. The number of nitro groups is 2. The van der Waals surface area contributed by atoms with Gasteiger partial charge in [0.15, 0.2) is 0 Å². The molecular formula is C32H55N3O13. The zero-order valence-corrected chi connectivity index (χ0v) is 28.4. The van der Waals surface area contributed by atoms with E-state index in [1.54, 1.807) is 0 Å². The fourth-order valence-electron chi connectivity index (χ4n) is 4.13. The fraction of sp³-hybridized carbons (Fsp3) is 0.781. The topological polar surface area (TPSA) is 189 Å². The van der Waals surface area contributed by atoms with Crippen molar-refractivity contribution in [3.05, 3.63) is 38.4 Å². The third-order valence-corrected chi connectivity index (χ3v) is 6.66. The predicted molar refractivity (Wildman–Crippen MR) is 178 cm³/mol. The van der Waals surface area contributed by atoms with Crippen molar-refractivity contribution in [3.8, 4) is 0 Å². The van der Waals surface area contributed by atoms with Crippen LogP contribution in [-0.2, 0) is 42.7 Å². The number of benzene rings is 1. The van der Waals surface area contributed by atoms with Gasteiger partial charge in [0.25, 0.3) is 11.4 Å². The van der Waals surface area contributed by atoms with E-state index in [0.717, 1.165) is 18.9 Å². The van der Waals surface area contributed by atoms with Gasteiger partial charge in [-0.15, -0.1) is 0 Å². The first-order valence-electron chi connectivity index (χ1n) is 16.8. The minimum absolute atomic E-state index is 0.158. The van der Waals surface area contributed by atoms with Crippen LogP contribution in [0.1, 0.15) is 58.3 Å². The molecule has 48 heavy (non-hydrogen) atoms. The van der Waals surface area contributed by atoms with Crippen LogP contribution >= 0.6 is 0 Å². The summed E-state index contributed by atoms with van der Waals surface area (Å²) in [5, 5.41) is 24.8. The van der Waals surface area contributed by atoms with Gasteiger partial charge in [-0.2, -0.15) is 0 Å². The zero-order valence-electron chi connectivity index (χ0n) is 28.4. The summed E-state index contributed by atoms with van der Waals surface area (Å²) in [6, 6.07) is 3.42. The molecule has 0 aliphatic rings. The van der Waals surface area contributed by atoms with Gasteiger partial charge in [0.05, 0.1) is 108 Å². The molecule has 0 heterocycles. The minimum Gasteiger partial charge on any atom is -0.463 e. The number of non-ortho nitro benzene ring substituents is 1. The lowest BCUT2D eigenvalue weighted by molar-refractivity contribution is -0.393. The average Bonchev–Trinajstić information content (AvgIpc) is 3.07. The minimum atomic E-state index is -0.682. The normalized spacial score (nSPS) is 11.1. The maximum absolute atomic E-state index is 11.7. The summed E-state index contributed by atoms with van der Waals surface area (Å²) in [7, 11) is 0. The first kappa shape index (κ1) is 43.0. The lowest BCUT2D eigenvalue weighted by Crippen LogP contribution is -2.16. The van der Waals surface area contributed by atoms with Crippen molar-refractivity contribution in [2.45, 2.75) is 58.3 Å². The van der Waals surface area contributed by atoms with Crippen LogP contribution in [0.4, 0.5) is 17.1 Å². The first-order chi connectivity index (χ1) is 23.5. The van der Waals surface area contributed by atoms with Crippen LogP contribution in [-0.4, -0.2) is 121 Å². The van der Waals surface area contributed by atoms with Crippen molar-refractivity contribution in [2.75, 3.05) is 111 Å². The molecule has 1 N–H and O–H groups in total. The molecule has 16 nitrogen and oxygen atoms in total. The summed E-state index contributed by atoms with van der Waals surface area (Å²) in [6.45, 7) is 8.46. The number of anilines is 1. The number of carbonyl (C=O) groups is 1. The number of nitrogens with zero attached hydrogens (tertiary/aromatic N) is 2. The van der Waals surface area contributed by atoms with Gasteiger partial charge in [-0.25, -0.2) is 0 Å². The van der Waals surface area contributed by atoms with Crippen molar-refractivity contribution in [2.24, 2.45) is 0 Å². The number of carbonyl (C=O) groups excluding carboxylic acids is 1.